The second-order valence-corrected chi connectivity index (χ2v) is 7.62. The zero-order chi connectivity index (χ0) is 17.4. The minimum absolute atomic E-state index is 0.0120. The Morgan fingerprint density at radius 1 is 1.28 bits per heavy atom. The van der Waals surface area contributed by atoms with E-state index in [0.29, 0.717) is 19.1 Å². The first kappa shape index (κ1) is 17.1. The Morgan fingerprint density at radius 3 is 2.88 bits per heavy atom. The number of nitrogens with zero attached hydrogens (tertiary/aromatic N) is 2. The van der Waals surface area contributed by atoms with Crippen molar-refractivity contribution in [1.29, 1.82) is 0 Å². The lowest BCUT2D eigenvalue weighted by Crippen LogP contribution is -2.43. The Balaban J connectivity index is 1.33. The van der Waals surface area contributed by atoms with Gasteiger partial charge in [-0.2, -0.15) is 0 Å². The van der Waals surface area contributed by atoms with Crippen molar-refractivity contribution in [2.45, 2.75) is 58.3 Å². The van der Waals surface area contributed by atoms with Gasteiger partial charge in [-0.1, -0.05) is 0 Å². The van der Waals surface area contributed by atoms with Crippen LogP contribution >= 0.6 is 0 Å². The zero-order valence-corrected chi connectivity index (χ0v) is 15.2. The Bertz CT molecular complexity index is 603. The molecule has 0 unspecified atom stereocenters. The summed E-state index contributed by atoms with van der Waals surface area (Å²) in [7, 11) is 0. The summed E-state index contributed by atoms with van der Waals surface area (Å²) in [6, 6.07) is 2.12. The monoisotopic (exact) mass is 348 g/mol. The number of hydrogen-bond donors (Lipinski definition) is 0. The number of carbonyl (C=O) groups excluding carboxylic acids is 1. The lowest BCUT2D eigenvalue weighted by Gasteiger charge is -2.33. The molecular formula is C19H28N2O4. The van der Waals surface area contributed by atoms with Crippen molar-refractivity contribution in [3.63, 3.8) is 0 Å². The van der Waals surface area contributed by atoms with Gasteiger partial charge in [0.2, 0.25) is 0 Å². The lowest BCUT2D eigenvalue weighted by atomic mass is 9.91. The summed E-state index contributed by atoms with van der Waals surface area (Å²) in [6.45, 7) is 8.13. The van der Waals surface area contributed by atoms with Crippen molar-refractivity contribution in [3.8, 4) is 0 Å². The van der Waals surface area contributed by atoms with E-state index in [-0.39, 0.29) is 18.1 Å². The van der Waals surface area contributed by atoms with Crippen LogP contribution in [0.15, 0.2) is 10.5 Å². The van der Waals surface area contributed by atoms with Crippen LogP contribution in [0.3, 0.4) is 0 Å². The van der Waals surface area contributed by atoms with Crippen LogP contribution in [-0.2, 0) is 20.9 Å². The van der Waals surface area contributed by atoms with Gasteiger partial charge in [-0.05, 0) is 63.6 Å². The molecule has 1 aromatic heterocycles. The van der Waals surface area contributed by atoms with Crippen LogP contribution in [0.5, 0.6) is 0 Å². The number of aryl methyl sites for hydroxylation is 2. The van der Waals surface area contributed by atoms with Gasteiger partial charge in [0.15, 0.2) is 0 Å². The number of rotatable bonds is 3. The van der Waals surface area contributed by atoms with Crippen LogP contribution in [0.2, 0.25) is 0 Å². The zero-order valence-electron chi connectivity index (χ0n) is 15.2. The molecule has 0 N–H and O–H groups in total. The van der Waals surface area contributed by atoms with Crippen LogP contribution in [0.25, 0.3) is 0 Å². The SMILES string of the molecule is Cc1cc(CN2CC[C@@H]3C[C@@H](C(=O)N4CCCCO4)O[C@H]3C2)oc1C. The van der Waals surface area contributed by atoms with Gasteiger partial charge in [0.25, 0.3) is 5.91 Å². The number of hydrogen-bond acceptors (Lipinski definition) is 5. The Morgan fingerprint density at radius 2 is 2.16 bits per heavy atom. The fourth-order valence-corrected chi connectivity index (χ4v) is 4.18. The maximum atomic E-state index is 12.6. The minimum atomic E-state index is -0.332. The number of piperidine rings is 1. The molecule has 4 heterocycles. The normalized spacial score (nSPS) is 30.5. The van der Waals surface area contributed by atoms with E-state index in [2.05, 4.69) is 17.9 Å². The maximum Gasteiger partial charge on any atom is 0.275 e. The number of furan rings is 1. The summed E-state index contributed by atoms with van der Waals surface area (Å²) in [4.78, 5) is 20.5. The largest absolute Gasteiger partial charge is 0.465 e. The molecule has 3 fully saturated rings. The van der Waals surface area contributed by atoms with E-state index in [0.717, 1.165) is 56.8 Å². The molecule has 1 aromatic rings. The van der Waals surface area contributed by atoms with Gasteiger partial charge in [0, 0.05) is 13.1 Å². The van der Waals surface area contributed by atoms with Gasteiger partial charge < -0.3 is 9.15 Å². The molecule has 6 nitrogen and oxygen atoms in total. The van der Waals surface area contributed by atoms with E-state index in [4.69, 9.17) is 14.0 Å². The quantitative estimate of drug-likeness (QED) is 0.840. The molecular weight excluding hydrogens is 320 g/mol. The summed E-state index contributed by atoms with van der Waals surface area (Å²) in [5.74, 6) is 2.50. The molecule has 0 saturated carbocycles. The van der Waals surface area contributed by atoms with E-state index in [1.54, 1.807) is 0 Å². The molecule has 25 heavy (non-hydrogen) atoms. The molecule has 0 spiro atoms. The topological polar surface area (TPSA) is 55.2 Å². The van der Waals surface area contributed by atoms with Crippen LogP contribution < -0.4 is 0 Å². The van der Waals surface area contributed by atoms with E-state index < -0.39 is 0 Å². The highest BCUT2D eigenvalue weighted by Gasteiger charge is 2.43. The van der Waals surface area contributed by atoms with E-state index in [9.17, 15) is 4.79 Å². The summed E-state index contributed by atoms with van der Waals surface area (Å²) >= 11 is 0. The van der Waals surface area contributed by atoms with E-state index in [1.807, 2.05) is 6.92 Å². The van der Waals surface area contributed by atoms with Crippen LogP contribution in [0.4, 0.5) is 0 Å². The first-order valence-corrected chi connectivity index (χ1v) is 9.48. The predicted molar refractivity (Wildman–Crippen MR) is 91.7 cm³/mol. The molecule has 138 valence electrons. The van der Waals surface area contributed by atoms with Gasteiger partial charge in [-0.25, -0.2) is 5.06 Å². The number of ether oxygens (including phenoxy) is 1. The molecule has 3 saturated heterocycles. The van der Waals surface area contributed by atoms with Crippen molar-refractivity contribution >= 4 is 5.91 Å². The number of amides is 1. The first-order chi connectivity index (χ1) is 12.1. The second kappa shape index (κ2) is 7.09. The number of carbonyl (C=O) groups is 1. The maximum absolute atomic E-state index is 12.6. The highest BCUT2D eigenvalue weighted by Crippen LogP contribution is 2.35. The number of fused-ring (bicyclic) bond motifs is 1. The molecule has 1 amide bonds. The third-order valence-corrected chi connectivity index (χ3v) is 5.76. The molecule has 0 bridgehead atoms. The fraction of sp³-hybridized carbons (Fsp3) is 0.737. The summed E-state index contributed by atoms with van der Waals surface area (Å²) < 4.78 is 11.9. The molecule has 3 aliphatic heterocycles. The third kappa shape index (κ3) is 3.61. The highest BCUT2D eigenvalue weighted by molar-refractivity contribution is 5.80. The van der Waals surface area contributed by atoms with E-state index >= 15 is 0 Å². The molecule has 3 aliphatic rings. The average molecular weight is 348 g/mol. The van der Waals surface area contributed by atoms with Crippen molar-refractivity contribution in [1.82, 2.24) is 9.96 Å². The molecule has 0 aliphatic carbocycles. The summed E-state index contributed by atoms with van der Waals surface area (Å²) in [6.07, 6.45) is 3.76. The lowest BCUT2D eigenvalue weighted by molar-refractivity contribution is -0.206. The minimum Gasteiger partial charge on any atom is -0.465 e. The number of hydroxylamine groups is 2. The average Bonchev–Trinajstić information content (AvgIpc) is 3.18. The predicted octanol–water partition coefficient (Wildman–Crippen LogP) is 2.43. The molecule has 0 radical (unpaired) electrons. The van der Waals surface area contributed by atoms with Crippen molar-refractivity contribution < 1.29 is 18.8 Å². The molecule has 4 rings (SSSR count). The van der Waals surface area contributed by atoms with Crippen molar-refractivity contribution in [3.05, 3.63) is 23.2 Å². The summed E-state index contributed by atoms with van der Waals surface area (Å²) in [5, 5.41) is 1.53. The highest BCUT2D eigenvalue weighted by atomic mass is 16.7. The Kier molecular flexibility index (Phi) is 4.84. The van der Waals surface area contributed by atoms with Crippen LogP contribution in [0, 0.1) is 19.8 Å². The Hall–Kier alpha value is -1.37. The van der Waals surface area contributed by atoms with Crippen LogP contribution in [0.1, 0.15) is 42.8 Å². The molecule has 0 aromatic carbocycles. The van der Waals surface area contributed by atoms with Gasteiger partial charge in [0.05, 0.1) is 19.3 Å². The van der Waals surface area contributed by atoms with Gasteiger partial charge in [-0.15, -0.1) is 0 Å². The van der Waals surface area contributed by atoms with Gasteiger partial charge in [0.1, 0.15) is 17.6 Å². The molecule has 3 atom stereocenters. The van der Waals surface area contributed by atoms with Crippen LogP contribution in [-0.4, -0.2) is 54.3 Å². The smallest absolute Gasteiger partial charge is 0.275 e. The standard InChI is InChI=1S/C19H28N2O4/c1-13-9-16(24-14(13)2)11-20-7-5-15-10-17(25-18(15)12-20)19(22)21-6-3-4-8-23-21/h9,15,17-18H,3-8,10-12H2,1-2H3/t15-,17+,18+/m1/s1. The summed E-state index contributed by atoms with van der Waals surface area (Å²) in [5.41, 5.74) is 1.20. The second-order valence-electron chi connectivity index (χ2n) is 7.62. The molecule has 6 heteroatoms. The van der Waals surface area contributed by atoms with Crippen molar-refractivity contribution in [2.75, 3.05) is 26.2 Å². The Labute approximate surface area is 149 Å². The van der Waals surface area contributed by atoms with Gasteiger partial charge in [-0.3, -0.25) is 14.5 Å². The van der Waals surface area contributed by atoms with Gasteiger partial charge >= 0.3 is 0 Å². The van der Waals surface area contributed by atoms with E-state index in [1.165, 1.54) is 10.6 Å². The number of likely N-dealkylation sites (tertiary alicyclic amines) is 1. The van der Waals surface area contributed by atoms with Crippen molar-refractivity contribution in [2.24, 2.45) is 5.92 Å². The fourth-order valence-electron chi connectivity index (χ4n) is 4.18. The first-order valence-electron chi connectivity index (χ1n) is 9.48. The third-order valence-electron chi connectivity index (χ3n) is 5.76.